The third kappa shape index (κ3) is 2.43. The van der Waals surface area contributed by atoms with Gasteiger partial charge >= 0.3 is 0 Å². The Kier molecular flexibility index (Phi) is 3.25. The summed E-state index contributed by atoms with van der Waals surface area (Å²) < 4.78 is 26.6. The molecule has 0 bridgehead atoms. The van der Waals surface area contributed by atoms with Gasteiger partial charge in [-0.1, -0.05) is 42.5 Å². The van der Waals surface area contributed by atoms with E-state index in [4.69, 9.17) is 0 Å². The van der Waals surface area contributed by atoms with Gasteiger partial charge in [-0.2, -0.15) is 5.10 Å². The SMILES string of the molecule is O=S(=O)(NCc1cccc2ccccc12)c1cn[nH]c1. The smallest absolute Gasteiger partial charge is 0.243 e. The predicted octanol–water partition coefficient (Wildman–Crippen LogP) is 2.04. The fourth-order valence-electron chi connectivity index (χ4n) is 2.09. The van der Waals surface area contributed by atoms with Crippen LogP contribution < -0.4 is 4.72 Å². The first kappa shape index (κ1) is 12.8. The molecule has 1 heterocycles. The first-order chi connectivity index (χ1) is 9.67. The van der Waals surface area contributed by atoms with Crippen molar-refractivity contribution in [3.8, 4) is 0 Å². The van der Waals surface area contributed by atoms with Gasteiger partial charge in [0.05, 0.1) is 6.20 Å². The molecule has 102 valence electrons. The molecule has 3 rings (SSSR count). The van der Waals surface area contributed by atoms with Gasteiger partial charge in [0.1, 0.15) is 4.90 Å². The molecule has 0 saturated heterocycles. The van der Waals surface area contributed by atoms with Crippen LogP contribution in [-0.2, 0) is 16.6 Å². The average molecular weight is 287 g/mol. The number of sulfonamides is 1. The van der Waals surface area contributed by atoms with Crippen LogP contribution in [0.2, 0.25) is 0 Å². The maximum atomic E-state index is 12.0. The van der Waals surface area contributed by atoms with E-state index in [0.717, 1.165) is 16.3 Å². The normalized spacial score (nSPS) is 11.8. The van der Waals surface area contributed by atoms with Gasteiger partial charge in [0.15, 0.2) is 0 Å². The van der Waals surface area contributed by atoms with Gasteiger partial charge < -0.3 is 0 Å². The monoisotopic (exact) mass is 287 g/mol. The second kappa shape index (κ2) is 5.07. The molecule has 3 aromatic rings. The highest BCUT2D eigenvalue weighted by atomic mass is 32.2. The standard InChI is InChI=1S/C14H13N3O2S/c18-20(19,13-9-15-16-10-13)17-8-12-6-3-5-11-4-1-2-7-14(11)12/h1-7,9-10,17H,8H2,(H,15,16). The third-order valence-electron chi connectivity index (χ3n) is 3.12. The maximum Gasteiger partial charge on any atom is 0.243 e. The fraction of sp³-hybridized carbons (Fsp3) is 0.0714. The Labute approximate surface area is 116 Å². The number of hydrogen-bond acceptors (Lipinski definition) is 3. The van der Waals surface area contributed by atoms with Crippen LogP contribution in [0.5, 0.6) is 0 Å². The Bertz CT molecular complexity index is 821. The summed E-state index contributed by atoms with van der Waals surface area (Å²) in [5.74, 6) is 0. The molecule has 0 unspecified atom stereocenters. The summed E-state index contributed by atoms with van der Waals surface area (Å²) in [5, 5.41) is 8.28. The lowest BCUT2D eigenvalue weighted by Gasteiger charge is -2.08. The van der Waals surface area contributed by atoms with E-state index in [1.807, 2.05) is 42.5 Å². The highest BCUT2D eigenvalue weighted by Gasteiger charge is 2.15. The molecule has 0 atom stereocenters. The van der Waals surface area contributed by atoms with Crippen molar-refractivity contribution >= 4 is 20.8 Å². The molecule has 2 N–H and O–H groups in total. The number of benzene rings is 2. The average Bonchev–Trinajstić information content (AvgIpc) is 3.00. The summed E-state index contributed by atoms with van der Waals surface area (Å²) in [5.41, 5.74) is 0.940. The quantitative estimate of drug-likeness (QED) is 0.771. The number of rotatable bonds is 4. The second-order valence-electron chi connectivity index (χ2n) is 4.40. The Balaban J connectivity index is 1.88. The highest BCUT2D eigenvalue weighted by Crippen LogP contribution is 2.18. The topological polar surface area (TPSA) is 74.8 Å². The van der Waals surface area contributed by atoms with Crippen LogP contribution in [0.3, 0.4) is 0 Å². The lowest BCUT2D eigenvalue weighted by molar-refractivity contribution is 0.581. The van der Waals surface area contributed by atoms with Crippen LogP contribution in [0.1, 0.15) is 5.56 Å². The molecule has 0 spiro atoms. The van der Waals surface area contributed by atoms with Crippen molar-refractivity contribution in [2.45, 2.75) is 11.4 Å². The third-order valence-corrected chi connectivity index (χ3v) is 4.48. The minimum atomic E-state index is -3.53. The number of aromatic amines is 1. The van der Waals surface area contributed by atoms with E-state index in [9.17, 15) is 8.42 Å². The summed E-state index contributed by atoms with van der Waals surface area (Å²) in [4.78, 5) is 0.137. The number of hydrogen-bond donors (Lipinski definition) is 2. The van der Waals surface area contributed by atoms with Crippen LogP contribution in [0.15, 0.2) is 59.8 Å². The molecular weight excluding hydrogens is 274 g/mol. The van der Waals surface area contributed by atoms with E-state index in [1.165, 1.54) is 12.4 Å². The first-order valence-electron chi connectivity index (χ1n) is 6.12. The van der Waals surface area contributed by atoms with Gasteiger partial charge in [0.2, 0.25) is 10.0 Å². The summed E-state index contributed by atoms with van der Waals surface area (Å²) in [7, 11) is -3.53. The van der Waals surface area contributed by atoms with Gasteiger partial charge in [-0.15, -0.1) is 0 Å². The molecule has 0 amide bonds. The van der Waals surface area contributed by atoms with Crippen LogP contribution >= 0.6 is 0 Å². The zero-order chi connectivity index (χ0) is 14.0. The van der Waals surface area contributed by atoms with Crippen molar-refractivity contribution in [3.05, 3.63) is 60.4 Å². The van der Waals surface area contributed by atoms with Crippen molar-refractivity contribution < 1.29 is 8.42 Å². The van der Waals surface area contributed by atoms with Crippen LogP contribution in [-0.4, -0.2) is 18.6 Å². The highest BCUT2D eigenvalue weighted by molar-refractivity contribution is 7.89. The molecular formula is C14H13N3O2S. The Morgan fingerprint density at radius 3 is 2.70 bits per heavy atom. The summed E-state index contributed by atoms with van der Waals surface area (Å²) >= 11 is 0. The van der Waals surface area contributed by atoms with Crippen molar-refractivity contribution in [1.29, 1.82) is 0 Å². The van der Waals surface area contributed by atoms with Crippen molar-refractivity contribution in [2.24, 2.45) is 0 Å². The van der Waals surface area contributed by atoms with Crippen LogP contribution in [0.4, 0.5) is 0 Å². The predicted molar refractivity (Wildman–Crippen MR) is 76.6 cm³/mol. The molecule has 0 saturated carbocycles. The molecule has 0 aliphatic carbocycles. The van der Waals surface area contributed by atoms with Gasteiger partial charge in [-0.25, -0.2) is 13.1 Å². The van der Waals surface area contributed by atoms with Gasteiger partial charge in [-0.05, 0) is 16.3 Å². The molecule has 0 aliphatic rings. The summed E-state index contributed by atoms with van der Waals surface area (Å²) in [6.45, 7) is 0.245. The molecule has 5 nitrogen and oxygen atoms in total. The zero-order valence-corrected chi connectivity index (χ0v) is 11.4. The van der Waals surface area contributed by atoms with Crippen molar-refractivity contribution in [1.82, 2.24) is 14.9 Å². The first-order valence-corrected chi connectivity index (χ1v) is 7.60. The Hall–Kier alpha value is -2.18. The largest absolute Gasteiger partial charge is 0.284 e. The Morgan fingerprint density at radius 1 is 1.10 bits per heavy atom. The zero-order valence-electron chi connectivity index (χ0n) is 10.6. The molecule has 20 heavy (non-hydrogen) atoms. The number of nitrogens with zero attached hydrogens (tertiary/aromatic N) is 1. The lowest BCUT2D eigenvalue weighted by atomic mass is 10.1. The van der Waals surface area contributed by atoms with E-state index in [0.29, 0.717) is 0 Å². The van der Waals surface area contributed by atoms with Gasteiger partial charge in [0.25, 0.3) is 0 Å². The van der Waals surface area contributed by atoms with E-state index >= 15 is 0 Å². The van der Waals surface area contributed by atoms with Crippen LogP contribution in [0.25, 0.3) is 10.8 Å². The molecule has 0 radical (unpaired) electrons. The number of nitrogens with one attached hydrogen (secondary N) is 2. The number of aromatic nitrogens is 2. The van der Waals surface area contributed by atoms with E-state index in [1.54, 1.807) is 0 Å². The number of H-pyrrole nitrogens is 1. The van der Waals surface area contributed by atoms with Crippen molar-refractivity contribution in [3.63, 3.8) is 0 Å². The van der Waals surface area contributed by atoms with Crippen molar-refractivity contribution in [2.75, 3.05) is 0 Å². The molecule has 6 heteroatoms. The minimum Gasteiger partial charge on any atom is -0.284 e. The fourth-order valence-corrected chi connectivity index (χ4v) is 3.00. The molecule has 1 aromatic heterocycles. The maximum absolute atomic E-state index is 12.0. The van der Waals surface area contributed by atoms with E-state index < -0.39 is 10.0 Å². The summed E-state index contributed by atoms with van der Waals surface area (Å²) in [6, 6.07) is 13.7. The lowest BCUT2D eigenvalue weighted by Crippen LogP contribution is -2.22. The number of fused-ring (bicyclic) bond motifs is 1. The van der Waals surface area contributed by atoms with E-state index in [2.05, 4.69) is 14.9 Å². The summed E-state index contributed by atoms with van der Waals surface area (Å²) in [6.07, 6.45) is 2.64. The molecule has 2 aromatic carbocycles. The minimum absolute atomic E-state index is 0.137. The van der Waals surface area contributed by atoms with E-state index in [-0.39, 0.29) is 11.4 Å². The molecule has 0 aliphatic heterocycles. The Morgan fingerprint density at radius 2 is 1.90 bits per heavy atom. The van der Waals surface area contributed by atoms with Gasteiger partial charge in [-0.3, -0.25) is 5.10 Å². The molecule has 0 fully saturated rings. The second-order valence-corrected chi connectivity index (χ2v) is 6.16. The van der Waals surface area contributed by atoms with Crippen LogP contribution in [0, 0.1) is 0 Å². The van der Waals surface area contributed by atoms with Gasteiger partial charge in [0, 0.05) is 12.7 Å².